The molecular formula is C27H25Cl2N5O2. The second-order valence-electron chi connectivity index (χ2n) is 8.75. The van der Waals surface area contributed by atoms with Crippen LogP contribution in [0.5, 0.6) is 0 Å². The maximum Gasteiger partial charge on any atom is 0.255 e. The molecule has 0 spiro atoms. The first-order chi connectivity index (χ1) is 17.4. The van der Waals surface area contributed by atoms with Gasteiger partial charge in [-0.3, -0.25) is 14.3 Å². The molecule has 7 nitrogen and oxygen atoms in total. The van der Waals surface area contributed by atoms with Crippen molar-refractivity contribution in [3.05, 3.63) is 93.5 Å². The number of carbonyl (C=O) groups is 2. The van der Waals surface area contributed by atoms with Crippen LogP contribution in [-0.2, 0) is 13.6 Å². The maximum absolute atomic E-state index is 13.2. The Morgan fingerprint density at radius 3 is 2.36 bits per heavy atom. The predicted octanol–water partition coefficient (Wildman–Crippen LogP) is 5.09. The smallest absolute Gasteiger partial charge is 0.255 e. The van der Waals surface area contributed by atoms with Crippen LogP contribution in [-0.4, -0.2) is 57.6 Å². The monoisotopic (exact) mass is 521 g/mol. The molecular weight excluding hydrogens is 497 g/mol. The normalized spacial score (nSPS) is 13.8. The highest BCUT2D eigenvalue weighted by Gasteiger charge is 2.26. The van der Waals surface area contributed by atoms with Gasteiger partial charge in [0, 0.05) is 55.7 Å². The van der Waals surface area contributed by atoms with Crippen molar-refractivity contribution in [3.63, 3.8) is 0 Å². The van der Waals surface area contributed by atoms with Crippen LogP contribution in [0.3, 0.4) is 0 Å². The number of hydrogen-bond donors (Lipinski definition) is 1. The Hall–Kier alpha value is -3.55. The Labute approximate surface area is 219 Å². The van der Waals surface area contributed by atoms with E-state index in [9.17, 15) is 9.59 Å². The van der Waals surface area contributed by atoms with Crippen LogP contribution in [0.2, 0.25) is 10.0 Å². The van der Waals surface area contributed by atoms with Crippen LogP contribution in [0, 0.1) is 0 Å². The molecule has 1 aromatic heterocycles. The number of amides is 2. The third-order valence-electron chi connectivity index (χ3n) is 6.41. The van der Waals surface area contributed by atoms with E-state index in [0.717, 1.165) is 22.3 Å². The topological polar surface area (TPSA) is 70.5 Å². The maximum atomic E-state index is 13.2. The third-order valence-corrected chi connectivity index (χ3v) is 6.96. The zero-order chi connectivity index (χ0) is 25.2. The van der Waals surface area contributed by atoms with E-state index in [4.69, 9.17) is 23.2 Å². The number of anilines is 1. The van der Waals surface area contributed by atoms with Gasteiger partial charge in [0.1, 0.15) is 0 Å². The summed E-state index contributed by atoms with van der Waals surface area (Å²) in [5, 5.41) is 9.83. The highest BCUT2D eigenvalue weighted by atomic mass is 35.5. The Morgan fingerprint density at radius 1 is 0.889 bits per heavy atom. The summed E-state index contributed by atoms with van der Waals surface area (Å²) in [5.74, 6) is 0.613. The van der Waals surface area contributed by atoms with Gasteiger partial charge in [0.05, 0.1) is 16.1 Å². The fraction of sp³-hybridized carbons (Fsp3) is 0.222. The molecule has 9 heteroatoms. The summed E-state index contributed by atoms with van der Waals surface area (Å²) in [4.78, 5) is 29.6. The lowest BCUT2D eigenvalue weighted by atomic mass is 10.1. The quantitative estimate of drug-likeness (QED) is 0.397. The predicted molar refractivity (Wildman–Crippen MR) is 143 cm³/mol. The number of fused-ring (bicyclic) bond motifs is 1. The number of hydrogen-bond acceptors (Lipinski definition) is 4. The van der Waals surface area contributed by atoms with Crippen LogP contribution in [0.1, 0.15) is 26.3 Å². The molecule has 1 aliphatic heterocycles. The molecule has 0 saturated carbocycles. The summed E-state index contributed by atoms with van der Waals surface area (Å²) in [6, 6.07) is 20.5. The van der Waals surface area contributed by atoms with Crippen molar-refractivity contribution >= 4 is 51.7 Å². The second kappa shape index (κ2) is 10.2. The Balaban J connectivity index is 1.21. The molecule has 0 aliphatic carbocycles. The van der Waals surface area contributed by atoms with Crippen molar-refractivity contribution in [2.75, 3.05) is 31.5 Å². The van der Waals surface area contributed by atoms with Gasteiger partial charge in [-0.2, -0.15) is 5.10 Å². The highest BCUT2D eigenvalue weighted by Crippen LogP contribution is 2.24. The SMILES string of the molecule is Cn1nc(NCc2cccc(C(=O)N3CCN(C(=O)c4ccc(Cl)cc4Cl)CC3)c2)c2ccccc21. The number of nitrogens with zero attached hydrogens (tertiary/aromatic N) is 4. The van der Waals surface area contributed by atoms with E-state index < -0.39 is 0 Å². The molecule has 184 valence electrons. The first kappa shape index (κ1) is 24.2. The largest absolute Gasteiger partial charge is 0.364 e. The average Bonchev–Trinajstić information content (AvgIpc) is 3.22. The molecule has 4 aromatic rings. The van der Waals surface area contributed by atoms with Crippen molar-refractivity contribution in [2.24, 2.45) is 7.05 Å². The van der Waals surface area contributed by atoms with Gasteiger partial charge in [0.2, 0.25) is 0 Å². The lowest BCUT2D eigenvalue weighted by Crippen LogP contribution is -2.50. The lowest BCUT2D eigenvalue weighted by molar-refractivity contribution is 0.0535. The molecule has 3 aromatic carbocycles. The number of benzene rings is 3. The summed E-state index contributed by atoms with van der Waals surface area (Å²) in [7, 11) is 1.92. The summed E-state index contributed by atoms with van der Waals surface area (Å²) >= 11 is 12.1. The van der Waals surface area contributed by atoms with Crippen molar-refractivity contribution in [1.29, 1.82) is 0 Å². The minimum absolute atomic E-state index is 0.0447. The zero-order valence-corrected chi connectivity index (χ0v) is 21.3. The van der Waals surface area contributed by atoms with E-state index in [1.54, 1.807) is 28.0 Å². The molecule has 36 heavy (non-hydrogen) atoms. The summed E-state index contributed by atoms with van der Waals surface area (Å²) < 4.78 is 1.85. The Morgan fingerprint density at radius 2 is 1.61 bits per heavy atom. The number of aryl methyl sites for hydroxylation is 1. The van der Waals surface area contributed by atoms with Crippen LogP contribution in [0.4, 0.5) is 5.82 Å². The van der Waals surface area contributed by atoms with E-state index >= 15 is 0 Å². The first-order valence-corrected chi connectivity index (χ1v) is 12.4. The minimum atomic E-state index is -0.154. The van der Waals surface area contributed by atoms with Gasteiger partial charge in [-0.1, -0.05) is 47.5 Å². The standard InChI is InChI=1S/C27H25Cl2N5O2/c1-32-24-8-3-2-7-22(24)25(31-32)30-17-18-5-4-6-19(15-18)26(35)33-11-13-34(14-12-33)27(36)21-10-9-20(28)16-23(21)29/h2-10,15-16H,11-14,17H2,1H3,(H,30,31). The molecule has 0 radical (unpaired) electrons. The number of rotatable bonds is 5. The number of aromatic nitrogens is 2. The van der Waals surface area contributed by atoms with E-state index in [-0.39, 0.29) is 11.8 Å². The Kier molecular flexibility index (Phi) is 6.85. The molecule has 2 amide bonds. The third kappa shape index (κ3) is 4.90. The molecule has 0 atom stereocenters. The summed E-state index contributed by atoms with van der Waals surface area (Å²) in [6.07, 6.45) is 0. The average molecular weight is 522 g/mol. The number of piperazine rings is 1. The zero-order valence-electron chi connectivity index (χ0n) is 19.7. The van der Waals surface area contributed by atoms with Crippen molar-refractivity contribution in [1.82, 2.24) is 19.6 Å². The number of halogens is 2. The van der Waals surface area contributed by atoms with Crippen molar-refractivity contribution in [3.8, 4) is 0 Å². The molecule has 1 saturated heterocycles. The van der Waals surface area contributed by atoms with Crippen LogP contribution >= 0.6 is 23.2 Å². The van der Waals surface area contributed by atoms with Crippen LogP contribution in [0.15, 0.2) is 66.7 Å². The van der Waals surface area contributed by atoms with E-state index in [1.165, 1.54) is 0 Å². The van der Waals surface area contributed by atoms with E-state index in [1.807, 2.05) is 60.3 Å². The number of para-hydroxylation sites is 1. The van der Waals surface area contributed by atoms with Gasteiger partial charge in [0.25, 0.3) is 11.8 Å². The van der Waals surface area contributed by atoms with Crippen LogP contribution < -0.4 is 5.32 Å². The van der Waals surface area contributed by atoms with Gasteiger partial charge in [0.15, 0.2) is 5.82 Å². The van der Waals surface area contributed by atoms with Crippen LogP contribution in [0.25, 0.3) is 10.9 Å². The molecule has 0 unspecified atom stereocenters. The lowest BCUT2D eigenvalue weighted by Gasteiger charge is -2.35. The molecule has 2 heterocycles. The van der Waals surface area contributed by atoms with Gasteiger partial charge in [-0.05, 0) is 48.0 Å². The van der Waals surface area contributed by atoms with E-state index in [0.29, 0.717) is 53.9 Å². The molecule has 0 bridgehead atoms. The minimum Gasteiger partial charge on any atom is -0.364 e. The first-order valence-electron chi connectivity index (χ1n) is 11.7. The van der Waals surface area contributed by atoms with Crippen molar-refractivity contribution in [2.45, 2.75) is 6.54 Å². The Bertz CT molecular complexity index is 1440. The van der Waals surface area contributed by atoms with Gasteiger partial charge in [-0.25, -0.2) is 0 Å². The second-order valence-corrected chi connectivity index (χ2v) is 9.60. The molecule has 1 aliphatic rings. The summed E-state index contributed by atoms with van der Waals surface area (Å²) in [5.41, 5.74) is 3.09. The van der Waals surface area contributed by atoms with Gasteiger partial charge in [-0.15, -0.1) is 0 Å². The fourth-order valence-electron chi connectivity index (χ4n) is 4.47. The van der Waals surface area contributed by atoms with E-state index in [2.05, 4.69) is 10.4 Å². The number of nitrogens with one attached hydrogen (secondary N) is 1. The van der Waals surface area contributed by atoms with Gasteiger partial charge >= 0.3 is 0 Å². The molecule has 1 N–H and O–H groups in total. The fourth-order valence-corrected chi connectivity index (χ4v) is 4.96. The summed E-state index contributed by atoms with van der Waals surface area (Å²) in [6.45, 7) is 2.34. The molecule has 5 rings (SSSR count). The number of carbonyl (C=O) groups excluding carboxylic acids is 2. The highest BCUT2D eigenvalue weighted by molar-refractivity contribution is 6.36. The van der Waals surface area contributed by atoms with Crippen molar-refractivity contribution < 1.29 is 9.59 Å². The van der Waals surface area contributed by atoms with Gasteiger partial charge < -0.3 is 15.1 Å². The molecule has 1 fully saturated rings.